The van der Waals surface area contributed by atoms with Gasteiger partial charge in [-0.25, -0.2) is 0 Å². The van der Waals surface area contributed by atoms with E-state index in [4.69, 9.17) is 4.74 Å². The van der Waals surface area contributed by atoms with Gasteiger partial charge in [-0.3, -0.25) is 9.78 Å². The number of hydrogen-bond donors (Lipinski definition) is 0. The number of pyridine rings is 1. The van der Waals surface area contributed by atoms with Gasteiger partial charge in [-0.15, -0.1) is 0 Å². The molecule has 1 aliphatic carbocycles. The van der Waals surface area contributed by atoms with Gasteiger partial charge in [0, 0.05) is 12.1 Å². The Bertz CT molecular complexity index is 518. The van der Waals surface area contributed by atoms with Crippen LogP contribution in [0.1, 0.15) is 103 Å². The van der Waals surface area contributed by atoms with Crippen molar-refractivity contribution in [3.05, 3.63) is 24.0 Å². The van der Waals surface area contributed by atoms with E-state index in [1.165, 1.54) is 57.8 Å². The number of unbranched alkanes of at least 4 members (excludes halogenated alkanes) is 4. The highest BCUT2D eigenvalue weighted by Crippen LogP contribution is 2.34. The summed E-state index contributed by atoms with van der Waals surface area (Å²) < 4.78 is 5.36. The maximum atomic E-state index is 11.8. The molecule has 1 saturated carbocycles. The Labute approximate surface area is 166 Å². The van der Waals surface area contributed by atoms with Crippen molar-refractivity contribution >= 4 is 5.97 Å². The monoisotopic (exact) mass is 373 g/mol. The van der Waals surface area contributed by atoms with Gasteiger partial charge in [0.2, 0.25) is 0 Å². The third-order valence-corrected chi connectivity index (χ3v) is 6.00. The number of rotatable bonds is 12. The first-order valence-electron chi connectivity index (χ1n) is 11.4. The van der Waals surface area contributed by atoms with E-state index in [0.29, 0.717) is 12.2 Å². The van der Waals surface area contributed by atoms with Gasteiger partial charge in [-0.1, -0.05) is 78.1 Å². The maximum absolute atomic E-state index is 11.8. The molecule has 0 N–H and O–H groups in total. The molecule has 1 heterocycles. The molecule has 0 radical (unpaired) electrons. The fourth-order valence-electron chi connectivity index (χ4n) is 4.16. The molecule has 0 aromatic carbocycles. The lowest BCUT2D eigenvalue weighted by Gasteiger charge is -2.28. The van der Waals surface area contributed by atoms with E-state index < -0.39 is 0 Å². The van der Waals surface area contributed by atoms with Crippen LogP contribution >= 0.6 is 0 Å². The van der Waals surface area contributed by atoms with E-state index in [1.54, 1.807) is 6.20 Å². The highest BCUT2D eigenvalue weighted by Gasteiger charge is 2.20. The Morgan fingerprint density at radius 1 is 0.963 bits per heavy atom. The van der Waals surface area contributed by atoms with Gasteiger partial charge in [0.25, 0.3) is 0 Å². The molecule has 1 fully saturated rings. The smallest absolute Gasteiger partial charge is 0.311 e. The number of carbonyl (C=O) groups is 1. The molecule has 2 rings (SSSR count). The molecule has 0 aliphatic heterocycles. The molecule has 27 heavy (non-hydrogen) atoms. The quantitative estimate of drug-likeness (QED) is 0.296. The van der Waals surface area contributed by atoms with E-state index in [9.17, 15) is 4.79 Å². The van der Waals surface area contributed by atoms with Crippen molar-refractivity contribution in [2.45, 2.75) is 104 Å². The first-order chi connectivity index (χ1) is 13.2. The molecule has 3 nitrogen and oxygen atoms in total. The van der Waals surface area contributed by atoms with Gasteiger partial charge in [-0.05, 0) is 43.2 Å². The van der Waals surface area contributed by atoms with Crippen LogP contribution in [-0.4, -0.2) is 11.0 Å². The molecule has 0 unspecified atom stereocenters. The Morgan fingerprint density at radius 3 is 2.26 bits per heavy atom. The SMILES string of the molecule is CCCCCC(=O)Oc1ccc(CC[C@H]2CC[C@H](CCCCC)CC2)nc1. The second-order valence-corrected chi connectivity index (χ2v) is 8.34. The predicted molar refractivity (Wildman–Crippen MR) is 112 cm³/mol. The summed E-state index contributed by atoms with van der Waals surface area (Å²) in [6.45, 7) is 4.42. The van der Waals surface area contributed by atoms with Crippen molar-refractivity contribution < 1.29 is 9.53 Å². The second kappa shape index (κ2) is 12.9. The fourth-order valence-corrected chi connectivity index (χ4v) is 4.16. The first kappa shape index (κ1) is 21.9. The van der Waals surface area contributed by atoms with E-state index in [-0.39, 0.29) is 5.97 Å². The van der Waals surface area contributed by atoms with Crippen LogP contribution < -0.4 is 4.74 Å². The average molecular weight is 374 g/mol. The number of hydrogen-bond acceptors (Lipinski definition) is 3. The predicted octanol–water partition coefficient (Wildman–Crippen LogP) is 6.89. The third kappa shape index (κ3) is 8.90. The summed E-state index contributed by atoms with van der Waals surface area (Å²) in [5.41, 5.74) is 1.12. The summed E-state index contributed by atoms with van der Waals surface area (Å²) in [6, 6.07) is 3.91. The highest BCUT2D eigenvalue weighted by atomic mass is 16.5. The van der Waals surface area contributed by atoms with Crippen LogP contribution in [0, 0.1) is 11.8 Å². The molecule has 0 atom stereocenters. The topological polar surface area (TPSA) is 39.2 Å². The van der Waals surface area contributed by atoms with Gasteiger partial charge >= 0.3 is 5.97 Å². The molecule has 152 valence electrons. The normalized spacial score (nSPS) is 19.8. The average Bonchev–Trinajstić information content (AvgIpc) is 2.69. The Balaban J connectivity index is 1.63. The van der Waals surface area contributed by atoms with E-state index in [1.807, 2.05) is 12.1 Å². The summed E-state index contributed by atoms with van der Waals surface area (Å²) in [7, 11) is 0. The minimum Gasteiger partial charge on any atom is -0.425 e. The van der Waals surface area contributed by atoms with Gasteiger partial charge in [0.05, 0.1) is 6.20 Å². The molecule has 0 spiro atoms. The van der Waals surface area contributed by atoms with Gasteiger partial charge in [0.15, 0.2) is 0 Å². The summed E-state index contributed by atoms with van der Waals surface area (Å²) in [6.07, 6.45) is 18.8. The van der Waals surface area contributed by atoms with Crippen molar-refractivity contribution in [2.24, 2.45) is 11.8 Å². The van der Waals surface area contributed by atoms with Crippen LogP contribution in [-0.2, 0) is 11.2 Å². The van der Waals surface area contributed by atoms with Crippen LogP contribution in [0.15, 0.2) is 18.3 Å². The Hall–Kier alpha value is -1.38. The Morgan fingerprint density at radius 2 is 1.63 bits per heavy atom. The van der Waals surface area contributed by atoms with E-state index in [2.05, 4.69) is 18.8 Å². The zero-order valence-corrected chi connectivity index (χ0v) is 17.5. The van der Waals surface area contributed by atoms with Crippen molar-refractivity contribution in [1.82, 2.24) is 4.98 Å². The largest absolute Gasteiger partial charge is 0.425 e. The van der Waals surface area contributed by atoms with Crippen molar-refractivity contribution in [2.75, 3.05) is 0 Å². The molecule has 3 heteroatoms. The maximum Gasteiger partial charge on any atom is 0.311 e. The lowest BCUT2D eigenvalue weighted by molar-refractivity contribution is -0.134. The van der Waals surface area contributed by atoms with Gasteiger partial charge in [-0.2, -0.15) is 0 Å². The minimum absolute atomic E-state index is 0.145. The fraction of sp³-hybridized carbons (Fsp3) is 0.750. The highest BCUT2D eigenvalue weighted by molar-refractivity contribution is 5.72. The zero-order valence-electron chi connectivity index (χ0n) is 17.5. The van der Waals surface area contributed by atoms with Crippen LogP contribution in [0.3, 0.4) is 0 Å². The van der Waals surface area contributed by atoms with Crippen molar-refractivity contribution in [3.63, 3.8) is 0 Å². The number of ether oxygens (including phenoxy) is 1. The van der Waals surface area contributed by atoms with Crippen LogP contribution in [0.5, 0.6) is 5.75 Å². The van der Waals surface area contributed by atoms with E-state index in [0.717, 1.165) is 43.2 Å². The number of nitrogens with zero attached hydrogens (tertiary/aromatic N) is 1. The molecule has 0 bridgehead atoms. The standard InChI is InChI=1S/C24H39NO2/c1-3-5-7-9-20-11-13-21(14-12-20)15-16-22-17-18-23(19-25-22)27-24(26)10-8-6-4-2/h17-21H,3-16H2,1-2H3/t20-,21-. The van der Waals surface area contributed by atoms with E-state index >= 15 is 0 Å². The number of esters is 1. The van der Waals surface area contributed by atoms with Gasteiger partial charge < -0.3 is 4.74 Å². The molecule has 1 aromatic heterocycles. The molecule has 1 aliphatic rings. The lowest BCUT2D eigenvalue weighted by Crippen LogP contribution is -2.15. The van der Waals surface area contributed by atoms with Crippen molar-refractivity contribution in [3.8, 4) is 5.75 Å². The molecule has 0 saturated heterocycles. The zero-order chi connectivity index (χ0) is 19.3. The lowest BCUT2D eigenvalue weighted by atomic mass is 9.78. The molecular weight excluding hydrogens is 334 g/mol. The third-order valence-electron chi connectivity index (χ3n) is 6.00. The summed E-state index contributed by atoms with van der Waals surface area (Å²) in [4.78, 5) is 16.3. The minimum atomic E-state index is -0.145. The summed E-state index contributed by atoms with van der Waals surface area (Å²) in [5.74, 6) is 2.28. The number of aryl methyl sites for hydroxylation is 1. The van der Waals surface area contributed by atoms with Crippen LogP contribution in [0.25, 0.3) is 0 Å². The van der Waals surface area contributed by atoms with Crippen LogP contribution in [0.4, 0.5) is 0 Å². The molecule has 0 amide bonds. The molecule has 1 aromatic rings. The van der Waals surface area contributed by atoms with Crippen LogP contribution in [0.2, 0.25) is 0 Å². The second-order valence-electron chi connectivity index (χ2n) is 8.34. The summed E-state index contributed by atoms with van der Waals surface area (Å²) >= 11 is 0. The van der Waals surface area contributed by atoms with Gasteiger partial charge in [0.1, 0.15) is 5.75 Å². The molecular formula is C24H39NO2. The summed E-state index contributed by atoms with van der Waals surface area (Å²) in [5, 5.41) is 0. The first-order valence-corrected chi connectivity index (χ1v) is 11.4. The number of aromatic nitrogens is 1. The van der Waals surface area contributed by atoms with Crippen molar-refractivity contribution in [1.29, 1.82) is 0 Å². The number of carbonyl (C=O) groups excluding carboxylic acids is 1. The Kier molecular flexibility index (Phi) is 10.5.